The predicted octanol–water partition coefficient (Wildman–Crippen LogP) is 2.17. The molecular formula is C14H30N2O2S. The second-order valence-corrected chi connectivity index (χ2v) is 6.26. The fourth-order valence-electron chi connectivity index (χ4n) is 1.79. The van der Waals surface area contributed by atoms with Crippen LogP contribution in [0.1, 0.15) is 46.0 Å². The van der Waals surface area contributed by atoms with Gasteiger partial charge in [0.15, 0.2) is 0 Å². The number of carbonyl (C=O) groups is 1. The molecule has 0 saturated heterocycles. The Morgan fingerprint density at radius 1 is 1.32 bits per heavy atom. The van der Waals surface area contributed by atoms with Crippen LogP contribution in [-0.2, 0) is 9.53 Å². The summed E-state index contributed by atoms with van der Waals surface area (Å²) < 4.78 is 5.01. The third kappa shape index (κ3) is 9.30. The summed E-state index contributed by atoms with van der Waals surface area (Å²) in [6.45, 7) is 5.68. The van der Waals surface area contributed by atoms with Gasteiger partial charge in [0.05, 0.1) is 5.54 Å². The van der Waals surface area contributed by atoms with E-state index in [0.717, 1.165) is 56.8 Å². The fourth-order valence-corrected chi connectivity index (χ4v) is 2.72. The number of thioether (sulfide) groups is 1. The molecule has 1 amide bonds. The van der Waals surface area contributed by atoms with Crippen LogP contribution < -0.4 is 11.1 Å². The predicted molar refractivity (Wildman–Crippen MR) is 83.6 cm³/mol. The van der Waals surface area contributed by atoms with Gasteiger partial charge in [0.2, 0.25) is 5.91 Å². The molecule has 1 atom stereocenters. The number of amides is 1. The number of methoxy groups -OCH3 is 1. The van der Waals surface area contributed by atoms with Gasteiger partial charge >= 0.3 is 0 Å². The highest BCUT2D eigenvalue weighted by Gasteiger charge is 2.29. The van der Waals surface area contributed by atoms with Crippen molar-refractivity contribution in [3.05, 3.63) is 0 Å². The Morgan fingerprint density at radius 3 is 2.58 bits per heavy atom. The average Bonchev–Trinajstić information content (AvgIpc) is 2.39. The molecule has 0 aromatic rings. The third-order valence-electron chi connectivity index (χ3n) is 3.16. The number of unbranched alkanes of at least 4 members (excludes halogenated alkanes) is 1. The van der Waals surface area contributed by atoms with Crippen molar-refractivity contribution in [2.24, 2.45) is 5.73 Å². The minimum Gasteiger partial charge on any atom is -0.385 e. The van der Waals surface area contributed by atoms with E-state index in [1.165, 1.54) is 0 Å². The summed E-state index contributed by atoms with van der Waals surface area (Å²) in [6, 6.07) is 0. The van der Waals surface area contributed by atoms with E-state index in [4.69, 9.17) is 10.5 Å². The van der Waals surface area contributed by atoms with Crippen LogP contribution >= 0.6 is 11.8 Å². The zero-order chi connectivity index (χ0) is 14.6. The number of hydrogen-bond acceptors (Lipinski definition) is 4. The Kier molecular flexibility index (Phi) is 11.4. The molecule has 0 aromatic heterocycles. The van der Waals surface area contributed by atoms with E-state index in [0.29, 0.717) is 0 Å². The van der Waals surface area contributed by atoms with Crippen molar-refractivity contribution in [1.29, 1.82) is 0 Å². The normalized spacial score (nSPS) is 14.3. The number of nitrogens with two attached hydrogens (primary N) is 1. The minimum atomic E-state index is -0.545. The summed E-state index contributed by atoms with van der Waals surface area (Å²) in [5.74, 6) is 2.05. The van der Waals surface area contributed by atoms with Crippen molar-refractivity contribution in [2.75, 3.05) is 31.8 Å². The van der Waals surface area contributed by atoms with E-state index < -0.39 is 5.54 Å². The maximum absolute atomic E-state index is 11.5. The van der Waals surface area contributed by atoms with Crippen LogP contribution in [-0.4, -0.2) is 43.2 Å². The summed E-state index contributed by atoms with van der Waals surface area (Å²) in [6.07, 6.45) is 5.11. The third-order valence-corrected chi connectivity index (χ3v) is 4.32. The number of hydrogen-bond donors (Lipinski definition) is 2. The topological polar surface area (TPSA) is 64.3 Å². The molecular weight excluding hydrogens is 260 g/mol. The van der Waals surface area contributed by atoms with Gasteiger partial charge in [0.25, 0.3) is 0 Å². The highest BCUT2D eigenvalue weighted by atomic mass is 32.2. The zero-order valence-electron chi connectivity index (χ0n) is 12.7. The standard InChI is InChI=1S/C14H30N2O2S/c1-4-9-16-14(2,13(15)17)8-5-6-11-19-12-7-10-18-3/h16H,4-12H2,1-3H3,(H2,15,17). The van der Waals surface area contributed by atoms with Crippen LogP contribution in [0.2, 0.25) is 0 Å². The monoisotopic (exact) mass is 290 g/mol. The van der Waals surface area contributed by atoms with Gasteiger partial charge in [-0.1, -0.05) is 13.3 Å². The van der Waals surface area contributed by atoms with Crippen LogP contribution in [0.3, 0.4) is 0 Å². The molecule has 0 heterocycles. The molecule has 0 aliphatic heterocycles. The fraction of sp³-hybridized carbons (Fsp3) is 0.929. The molecule has 114 valence electrons. The molecule has 4 nitrogen and oxygen atoms in total. The van der Waals surface area contributed by atoms with E-state index in [9.17, 15) is 4.79 Å². The summed E-state index contributed by atoms with van der Waals surface area (Å²) >= 11 is 1.95. The second-order valence-electron chi connectivity index (χ2n) is 5.04. The van der Waals surface area contributed by atoms with Gasteiger partial charge in [-0.05, 0) is 50.7 Å². The molecule has 19 heavy (non-hydrogen) atoms. The van der Waals surface area contributed by atoms with E-state index in [2.05, 4.69) is 12.2 Å². The van der Waals surface area contributed by atoms with Gasteiger partial charge in [0.1, 0.15) is 0 Å². The van der Waals surface area contributed by atoms with Gasteiger partial charge < -0.3 is 15.8 Å². The molecule has 1 unspecified atom stereocenters. The van der Waals surface area contributed by atoms with Crippen molar-refractivity contribution in [3.8, 4) is 0 Å². The largest absolute Gasteiger partial charge is 0.385 e. The highest BCUT2D eigenvalue weighted by molar-refractivity contribution is 7.99. The molecule has 0 spiro atoms. The first-order valence-electron chi connectivity index (χ1n) is 7.18. The lowest BCUT2D eigenvalue weighted by Crippen LogP contribution is -2.53. The number of primary amides is 1. The molecule has 0 aliphatic carbocycles. The quantitative estimate of drug-likeness (QED) is 0.510. The molecule has 0 aromatic carbocycles. The second kappa shape index (κ2) is 11.6. The molecule has 3 N–H and O–H groups in total. The van der Waals surface area contributed by atoms with Gasteiger partial charge in [0, 0.05) is 13.7 Å². The van der Waals surface area contributed by atoms with Crippen molar-refractivity contribution in [3.63, 3.8) is 0 Å². The van der Waals surface area contributed by atoms with Crippen molar-refractivity contribution in [2.45, 2.75) is 51.5 Å². The molecule has 0 bridgehead atoms. The van der Waals surface area contributed by atoms with Gasteiger partial charge in [-0.3, -0.25) is 4.79 Å². The first-order chi connectivity index (χ1) is 9.06. The van der Waals surface area contributed by atoms with E-state index in [1.807, 2.05) is 18.7 Å². The van der Waals surface area contributed by atoms with Gasteiger partial charge in [-0.2, -0.15) is 11.8 Å². The summed E-state index contributed by atoms with van der Waals surface area (Å²) in [5.41, 5.74) is 4.94. The number of carbonyl (C=O) groups excluding carboxylic acids is 1. The number of rotatable bonds is 13. The van der Waals surface area contributed by atoms with E-state index in [-0.39, 0.29) is 5.91 Å². The molecule has 0 aliphatic rings. The lowest BCUT2D eigenvalue weighted by molar-refractivity contribution is -0.124. The Morgan fingerprint density at radius 2 is 2.00 bits per heavy atom. The first-order valence-corrected chi connectivity index (χ1v) is 8.34. The smallest absolute Gasteiger partial charge is 0.237 e. The first kappa shape index (κ1) is 18.7. The highest BCUT2D eigenvalue weighted by Crippen LogP contribution is 2.15. The zero-order valence-corrected chi connectivity index (χ0v) is 13.5. The molecule has 5 heteroatoms. The van der Waals surface area contributed by atoms with E-state index >= 15 is 0 Å². The Labute approximate surface area is 122 Å². The SMILES string of the molecule is CCCNC(C)(CCCCSCCCOC)C(N)=O. The lowest BCUT2D eigenvalue weighted by Gasteiger charge is -2.27. The van der Waals surface area contributed by atoms with Crippen LogP contribution in [0.4, 0.5) is 0 Å². The van der Waals surface area contributed by atoms with Crippen LogP contribution in [0.5, 0.6) is 0 Å². The Hall–Kier alpha value is -0.260. The maximum atomic E-state index is 11.5. The van der Waals surface area contributed by atoms with Crippen LogP contribution in [0.15, 0.2) is 0 Å². The Balaban J connectivity index is 3.67. The van der Waals surface area contributed by atoms with Crippen molar-refractivity contribution < 1.29 is 9.53 Å². The average molecular weight is 290 g/mol. The number of nitrogens with one attached hydrogen (secondary N) is 1. The molecule has 0 saturated carbocycles. The summed E-state index contributed by atoms with van der Waals surface area (Å²) in [4.78, 5) is 11.5. The maximum Gasteiger partial charge on any atom is 0.237 e. The molecule has 0 fully saturated rings. The lowest BCUT2D eigenvalue weighted by atomic mass is 9.94. The van der Waals surface area contributed by atoms with Crippen LogP contribution in [0, 0.1) is 0 Å². The molecule has 0 radical (unpaired) electrons. The molecule has 0 rings (SSSR count). The summed E-state index contributed by atoms with van der Waals surface area (Å²) in [5, 5.41) is 3.27. The minimum absolute atomic E-state index is 0.242. The van der Waals surface area contributed by atoms with Crippen molar-refractivity contribution in [1.82, 2.24) is 5.32 Å². The Bertz CT molecular complexity index is 239. The van der Waals surface area contributed by atoms with Gasteiger partial charge in [-0.15, -0.1) is 0 Å². The summed E-state index contributed by atoms with van der Waals surface area (Å²) in [7, 11) is 1.73. The van der Waals surface area contributed by atoms with Crippen LogP contribution in [0.25, 0.3) is 0 Å². The van der Waals surface area contributed by atoms with Crippen molar-refractivity contribution >= 4 is 17.7 Å². The van der Waals surface area contributed by atoms with Gasteiger partial charge in [-0.25, -0.2) is 0 Å². The number of ether oxygens (including phenoxy) is 1. The van der Waals surface area contributed by atoms with E-state index in [1.54, 1.807) is 7.11 Å².